The largest absolute Gasteiger partial charge is 0.478 e. The van der Waals surface area contributed by atoms with Gasteiger partial charge in [-0.3, -0.25) is 0 Å². The van der Waals surface area contributed by atoms with Gasteiger partial charge in [-0.1, -0.05) is 0 Å². The number of rotatable bonds is 1. The summed E-state index contributed by atoms with van der Waals surface area (Å²) in [7, 11) is 0. The van der Waals surface area contributed by atoms with Crippen LogP contribution in [-0.4, -0.2) is 17.4 Å². The molecular weight excluding hydrogens is 164 g/mol. The zero-order valence-electron chi connectivity index (χ0n) is 5.98. The minimum atomic E-state index is -0.855. The van der Waals surface area contributed by atoms with Crippen molar-refractivity contribution in [2.45, 2.75) is 6.92 Å². The molecule has 11 heavy (non-hydrogen) atoms. The number of aromatic carboxylic acids is 1. The Morgan fingerprint density at radius 2 is 2.27 bits per heavy atom. The molecule has 0 aliphatic carbocycles. The quantitative estimate of drug-likeness (QED) is 0.655. The van der Waals surface area contributed by atoms with Gasteiger partial charge in [0.15, 0.2) is 0 Å². The van der Waals surface area contributed by atoms with Gasteiger partial charge < -0.3 is 9.90 Å². The van der Waals surface area contributed by atoms with Crippen molar-refractivity contribution in [2.75, 3.05) is 0 Å². The molecule has 4 heteroatoms. The van der Waals surface area contributed by atoms with Crippen molar-refractivity contribution in [3.05, 3.63) is 22.4 Å². The molecule has 0 spiro atoms. The van der Waals surface area contributed by atoms with Crippen molar-refractivity contribution < 1.29 is 14.7 Å². The fraction of sp³-hybridized carbons (Fsp3) is 0.143. The third kappa shape index (κ3) is 4.27. The molecule has 1 aromatic heterocycles. The molecule has 0 amide bonds. The molecule has 1 heterocycles. The minimum Gasteiger partial charge on any atom is -0.478 e. The van der Waals surface area contributed by atoms with Gasteiger partial charge in [-0.2, -0.15) is 11.3 Å². The van der Waals surface area contributed by atoms with E-state index in [0.717, 1.165) is 6.29 Å². The number of carbonyl (C=O) groups is 2. The van der Waals surface area contributed by atoms with Crippen LogP contribution in [0.25, 0.3) is 0 Å². The summed E-state index contributed by atoms with van der Waals surface area (Å²) in [5.74, 6) is -0.855. The van der Waals surface area contributed by atoms with Crippen LogP contribution >= 0.6 is 11.3 Å². The lowest BCUT2D eigenvalue weighted by molar-refractivity contribution is -0.106. The molecule has 0 saturated carbocycles. The van der Waals surface area contributed by atoms with E-state index in [0.29, 0.717) is 5.56 Å². The van der Waals surface area contributed by atoms with Gasteiger partial charge in [-0.15, -0.1) is 0 Å². The van der Waals surface area contributed by atoms with Gasteiger partial charge in [-0.05, 0) is 18.4 Å². The Balaban J connectivity index is 0.000000292. The highest BCUT2D eigenvalue weighted by Crippen LogP contribution is 2.04. The lowest BCUT2D eigenvalue weighted by atomic mass is 10.4. The van der Waals surface area contributed by atoms with Gasteiger partial charge in [0.25, 0.3) is 0 Å². The third-order valence-corrected chi connectivity index (χ3v) is 1.45. The van der Waals surface area contributed by atoms with Crippen LogP contribution in [0.4, 0.5) is 0 Å². The average molecular weight is 172 g/mol. The molecule has 60 valence electrons. The number of thiophene rings is 1. The molecule has 0 radical (unpaired) electrons. The van der Waals surface area contributed by atoms with Crippen LogP contribution in [0, 0.1) is 0 Å². The summed E-state index contributed by atoms with van der Waals surface area (Å²) in [6.07, 6.45) is 0.750. The lowest BCUT2D eigenvalue weighted by Crippen LogP contribution is -1.90. The molecule has 0 atom stereocenters. The topological polar surface area (TPSA) is 54.4 Å². The van der Waals surface area contributed by atoms with Crippen molar-refractivity contribution >= 4 is 23.6 Å². The maximum absolute atomic E-state index is 10.1. The Bertz CT molecular complexity index is 216. The summed E-state index contributed by atoms with van der Waals surface area (Å²) in [5.41, 5.74) is 0.370. The second kappa shape index (κ2) is 5.61. The Morgan fingerprint density at radius 1 is 1.73 bits per heavy atom. The Labute approximate surface area is 68.3 Å². The van der Waals surface area contributed by atoms with Crippen LogP contribution in [0.5, 0.6) is 0 Å². The molecule has 0 aromatic carbocycles. The second-order valence-corrected chi connectivity index (χ2v) is 2.33. The molecule has 0 aliphatic rings. The average Bonchev–Trinajstić information content (AvgIpc) is 2.38. The van der Waals surface area contributed by atoms with Gasteiger partial charge >= 0.3 is 5.97 Å². The zero-order valence-corrected chi connectivity index (χ0v) is 6.80. The van der Waals surface area contributed by atoms with E-state index in [1.807, 2.05) is 0 Å². The van der Waals surface area contributed by atoms with Gasteiger partial charge in [0, 0.05) is 5.38 Å². The third-order valence-electron chi connectivity index (χ3n) is 0.768. The Kier molecular flexibility index (Phi) is 5.02. The molecular formula is C7H8O3S. The van der Waals surface area contributed by atoms with Crippen molar-refractivity contribution in [1.29, 1.82) is 0 Å². The maximum Gasteiger partial charge on any atom is 0.336 e. The summed E-state index contributed by atoms with van der Waals surface area (Å²) < 4.78 is 0. The fourth-order valence-corrected chi connectivity index (χ4v) is 1.02. The summed E-state index contributed by atoms with van der Waals surface area (Å²) in [4.78, 5) is 18.9. The van der Waals surface area contributed by atoms with Gasteiger partial charge in [-0.25, -0.2) is 4.79 Å². The van der Waals surface area contributed by atoms with Crippen molar-refractivity contribution in [2.24, 2.45) is 0 Å². The molecule has 0 bridgehead atoms. The maximum atomic E-state index is 10.1. The van der Waals surface area contributed by atoms with Crippen LogP contribution in [0.1, 0.15) is 17.3 Å². The first-order valence-electron chi connectivity index (χ1n) is 2.87. The molecule has 0 fully saturated rings. The van der Waals surface area contributed by atoms with E-state index in [1.165, 1.54) is 18.3 Å². The fourth-order valence-electron chi connectivity index (χ4n) is 0.386. The van der Waals surface area contributed by atoms with Gasteiger partial charge in [0.05, 0.1) is 5.56 Å². The van der Waals surface area contributed by atoms with Crippen molar-refractivity contribution in [3.8, 4) is 0 Å². The molecule has 0 unspecified atom stereocenters. The van der Waals surface area contributed by atoms with Crippen LogP contribution < -0.4 is 0 Å². The van der Waals surface area contributed by atoms with Gasteiger partial charge in [0.2, 0.25) is 0 Å². The number of aldehydes is 1. The number of carboxylic acids is 1. The normalized spacial score (nSPS) is 7.73. The van der Waals surface area contributed by atoms with Crippen molar-refractivity contribution in [3.63, 3.8) is 0 Å². The first-order chi connectivity index (χ1) is 5.22. The van der Waals surface area contributed by atoms with E-state index in [2.05, 4.69) is 0 Å². The zero-order chi connectivity index (χ0) is 8.69. The standard InChI is InChI=1S/C5H4O2S.C2H4O/c6-5(7)4-1-2-8-3-4;1-2-3/h1-3H,(H,6,7);2H,1H3. The van der Waals surface area contributed by atoms with Crippen molar-refractivity contribution in [1.82, 2.24) is 0 Å². The summed E-state index contributed by atoms with van der Waals surface area (Å²) in [6.45, 7) is 1.44. The first kappa shape index (κ1) is 9.84. The number of hydrogen-bond acceptors (Lipinski definition) is 3. The number of hydrogen-bond donors (Lipinski definition) is 1. The molecule has 1 aromatic rings. The van der Waals surface area contributed by atoms with E-state index in [9.17, 15) is 4.79 Å². The monoisotopic (exact) mass is 172 g/mol. The molecule has 1 N–H and O–H groups in total. The summed E-state index contributed by atoms with van der Waals surface area (Å²) >= 11 is 1.39. The van der Waals surface area contributed by atoms with Crippen LogP contribution in [0.2, 0.25) is 0 Å². The molecule has 0 aliphatic heterocycles. The molecule has 1 rings (SSSR count). The Morgan fingerprint density at radius 3 is 2.45 bits per heavy atom. The highest BCUT2D eigenvalue weighted by molar-refractivity contribution is 7.08. The first-order valence-corrected chi connectivity index (χ1v) is 3.82. The molecule has 0 saturated heterocycles. The highest BCUT2D eigenvalue weighted by Gasteiger charge is 1.98. The summed E-state index contributed by atoms with van der Waals surface area (Å²) in [6, 6.07) is 1.58. The molecule has 3 nitrogen and oxygen atoms in total. The smallest absolute Gasteiger partial charge is 0.336 e. The van der Waals surface area contributed by atoms with E-state index in [4.69, 9.17) is 9.90 Å². The van der Waals surface area contributed by atoms with E-state index in [1.54, 1.807) is 16.8 Å². The van der Waals surface area contributed by atoms with Crippen LogP contribution in [0.3, 0.4) is 0 Å². The predicted molar refractivity (Wildman–Crippen MR) is 43.0 cm³/mol. The van der Waals surface area contributed by atoms with Crippen LogP contribution in [0.15, 0.2) is 16.8 Å². The van der Waals surface area contributed by atoms with E-state index >= 15 is 0 Å². The SMILES string of the molecule is CC=O.O=C(O)c1ccsc1. The van der Waals surface area contributed by atoms with Gasteiger partial charge in [0.1, 0.15) is 6.29 Å². The highest BCUT2D eigenvalue weighted by atomic mass is 32.1. The Hall–Kier alpha value is -1.16. The van der Waals surface area contributed by atoms with E-state index < -0.39 is 5.97 Å². The second-order valence-electron chi connectivity index (χ2n) is 1.55. The lowest BCUT2D eigenvalue weighted by Gasteiger charge is -1.78. The number of carbonyl (C=O) groups excluding carboxylic acids is 1. The van der Waals surface area contributed by atoms with E-state index in [-0.39, 0.29) is 0 Å². The predicted octanol–water partition coefficient (Wildman–Crippen LogP) is 1.65. The minimum absolute atomic E-state index is 0.370. The number of carboxylic acid groups (broad SMARTS) is 1. The van der Waals surface area contributed by atoms with Crippen LogP contribution in [-0.2, 0) is 4.79 Å². The summed E-state index contributed by atoms with van der Waals surface area (Å²) in [5, 5.41) is 11.6.